The van der Waals surface area contributed by atoms with Gasteiger partial charge in [0.2, 0.25) is 0 Å². The number of nitrogens with two attached hydrogens (primary N) is 1. The molecule has 3 nitrogen and oxygen atoms in total. The lowest BCUT2D eigenvalue weighted by atomic mass is 9.95. The molecule has 1 unspecified atom stereocenters. The van der Waals surface area contributed by atoms with Crippen molar-refractivity contribution in [2.75, 3.05) is 7.11 Å². The standard InChI is InChI=1S/C15H26N2O/c1-15(2,18-3)12-11-14(17-16)10-9-13-7-5-4-6-8-13/h4-8,14,17H,9-12,16H2,1-3H3. The zero-order valence-corrected chi connectivity index (χ0v) is 11.8. The Morgan fingerprint density at radius 1 is 1.22 bits per heavy atom. The smallest absolute Gasteiger partial charge is 0.0623 e. The Morgan fingerprint density at radius 3 is 2.44 bits per heavy atom. The third kappa shape index (κ3) is 5.63. The second-order valence-electron chi connectivity index (χ2n) is 5.39. The van der Waals surface area contributed by atoms with E-state index in [2.05, 4.69) is 43.5 Å². The van der Waals surface area contributed by atoms with E-state index in [9.17, 15) is 0 Å². The van der Waals surface area contributed by atoms with Gasteiger partial charge in [-0.1, -0.05) is 30.3 Å². The van der Waals surface area contributed by atoms with Gasteiger partial charge in [0.1, 0.15) is 0 Å². The average Bonchev–Trinajstić information content (AvgIpc) is 2.40. The van der Waals surface area contributed by atoms with Crippen LogP contribution in [0.2, 0.25) is 0 Å². The second kappa shape index (κ2) is 7.52. The first-order valence-electron chi connectivity index (χ1n) is 6.62. The van der Waals surface area contributed by atoms with Gasteiger partial charge in [0.15, 0.2) is 0 Å². The highest BCUT2D eigenvalue weighted by molar-refractivity contribution is 5.14. The largest absolute Gasteiger partial charge is 0.379 e. The summed E-state index contributed by atoms with van der Waals surface area (Å²) < 4.78 is 5.43. The quantitative estimate of drug-likeness (QED) is 0.551. The van der Waals surface area contributed by atoms with Crippen LogP contribution >= 0.6 is 0 Å². The highest BCUT2D eigenvalue weighted by atomic mass is 16.5. The molecule has 1 atom stereocenters. The number of nitrogens with one attached hydrogen (secondary N) is 1. The van der Waals surface area contributed by atoms with Crippen molar-refractivity contribution in [3.63, 3.8) is 0 Å². The number of rotatable bonds is 8. The van der Waals surface area contributed by atoms with Crippen molar-refractivity contribution in [3.8, 4) is 0 Å². The fourth-order valence-corrected chi connectivity index (χ4v) is 1.92. The van der Waals surface area contributed by atoms with Crippen LogP contribution in [-0.2, 0) is 11.2 Å². The highest BCUT2D eigenvalue weighted by Gasteiger charge is 2.18. The molecule has 102 valence electrons. The van der Waals surface area contributed by atoms with Crippen LogP contribution in [0.5, 0.6) is 0 Å². The van der Waals surface area contributed by atoms with Gasteiger partial charge in [-0.15, -0.1) is 0 Å². The van der Waals surface area contributed by atoms with Crippen LogP contribution in [0.15, 0.2) is 30.3 Å². The third-order valence-electron chi connectivity index (χ3n) is 3.51. The van der Waals surface area contributed by atoms with Gasteiger partial charge in [-0.3, -0.25) is 11.3 Å². The first kappa shape index (κ1) is 15.2. The maximum atomic E-state index is 5.62. The van der Waals surface area contributed by atoms with E-state index in [-0.39, 0.29) is 5.60 Å². The van der Waals surface area contributed by atoms with Gasteiger partial charge in [-0.2, -0.15) is 0 Å². The lowest BCUT2D eigenvalue weighted by Gasteiger charge is -2.25. The van der Waals surface area contributed by atoms with Crippen molar-refractivity contribution < 1.29 is 4.74 Å². The third-order valence-corrected chi connectivity index (χ3v) is 3.51. The topological polar surface area (TPSA) is 47.3 Å². The Morgan fingerprint density at radius 2 is 1.89 bits per heavy atom. The maximum absolute atomic E-state index is 5.62. The summed E-state index contributed by atoms with van der Waals surface area (Å²) in [5.41, 5.74) is 4.21. The van der Waals surface area contributed by atoms with Crippen LogP contribution in [0.4, 0.5) is 0 Å². The molecule has 0 radical (unpaired) electrons. The summed E-state index contributed by atoms with van der Waals surface area (Å²) in [4.78, 5) is 0. The number of hydrogen-bond acceptors (Lipinski definition) is 3. The van der Waals surface area contributed by atoms with Crippen LogP contribution in [-0.4, -0.2) is 18.8 Å². The van der Waals surface area contributed by atoms with Crippen molar-refractivity contribution in [2.45, 2.75) is 51.2 Å². The predicted octanol–water partition coefficient (Wildman–Crippen LogP) is 2.66. The lowest BCUT2D eigenvalue weighted by Crippen LogP contribution is -2.37. The molecule has 0 amide bonds. The van der Waals surface area contributed by atoms with E-state index in [0.29, 0.717) is 6.04 Å². The minimum absolute atomic E-state index is 0.0676. The predicted molar refractivity (Wildman–Crippen MR) is 76.2 cm³/mol. The van der Waals surface area contributed by atoms with E-state index in [1.807, 2.05) is 6.07 Å². The molecule has 0 saturated carbocycles. The van der Waals surface area contributed by atoms with E-state index in [4.69, 9.17) is 10.6 Å². The van der Waals surface area contributed by atoms with Crippen LogP contribution in [0, 0.1) is 0 Å². The van der Waals surface area contributed by atoms with Gasteiger partial charge in [-0.05, 0) is 45.1 Å². The molecular weight excluding hydrogens is 224 g/mol. The van der Waals surface area contributed by atoms with Crippen LogP contribution in [0.1, 0.15) is 38.7 Å². The van der Waals surface area contributed by atoms with Crippen molar-refractivity contribution >= 4 is 0 Å². The normalized spacial score (nSPS) is 13.6. The monoisotopic (exact) mass is 250 g/mol. The number of aryl methyl sites for hydroxylation is 1. The first-order chi connectivity index (χ1) is 8.57. The van der Waals surface area contributed by atoms with E-state index in [1.165, 1.54) is 5.56 Å². The van der Waals surface area contributed by atoms with E-state index in [0.717, 1.165) is 25.7 Å². The molecule has 0 bridgehead atoms. The summed E-state index contributed by atoms with van der Waals surface area (Å²) >= 11 is 0. The van der Waals surface area contributed by atoms with Crippen molar-refractivity contribution in [1.82, 2.24) is 5.43 Å². The zero-order valence-electron chi connectivity index (χ0n) is 11.8. The van der Waals surface area contributed by atoms with E-state index >= 15 is 0 Å². The van der Waals surface area contributed by atoms with Gasteiger partial charge in [-0.25, -0.2) is 0 Å². The fraction of sp³-hybridized carbons (Fsp3) is 0.600. The summed E-state index contributed by atoms with van der Waals surface area (Å²) in [6, 6.07) is 10.9. The average molecular weight is 250 g/mol. The van der Waals surface area contributed by atoms with Crippen LogP contribution in [0.25, 0.3) is 0 Å². The lowest BCUT2D eigenvalue weighted by molar-refractivity contribution is 0.0115. The molecule has 0 aliphatic heterocycles. The summed E-state index contributed by atoms with van der Waals surface area (Å²) in [5.74, 6) is 5.62. The minimum atomic E-state index is -0.0676. The first-order valence-corrected chi connectivity index (χ1v) is 6.62. The Labute approximate surface area is 111 Å². The summed E-state index contributed by atoms with van der Waals surface area (Å²) in [6.45, 7) is 4.22. The molecule has 0 spiro atoms. The second-order valence-corrected chi connectivity index (χ2v) is 5.39. The summed E-state index contributed by atoms with van der Waals surface area (Å²) in [6.07, 6.45) is 4.15. The molecule has 0 fully saturated rings. The Kier molecular flexibility index (Phi) is 6.33. The minimum Gasteiger partial charge on any atom is -0.379 e. The molecule has 3 N–H and O–H groups in total. The SMILES string of the molecule is COC(C)(C)CCC(CCc1ccccc1)NN. The Bertz CT molecular complexity index is 325. The van der Waals surface area contributed by atoms with Crippen molar-refractivity contribution in [2.24, 2.45) is 5.84 Å². The molecule has 18 heavy (non-hydrogen) atoms. The maximum Gasteiger partial charge on any atom is 0.0623 e. The van der Waals surface area contributed by atoms with Gasteiger partial charge in [0.25, 0.3) is 0 Å². The van der Waals surface area contributed by atoms with E-state index < -0.39 is 0 Å². The summed E-state index contributed by atoms with van der Waals surface area (Å²) in [7, 11) is 1.76. The molecule has 0 heterocycles. The number of benzene rings is 1. The number of methoxy groups -OCH3 is 1. The fourth-order valence-electron chi connectivity index (χ4n) is 1.92. The van der Waals surface area contributed by atoms with Gasteiger partial charge >= 0.3 is 0 Å². The molecule has 1 aromatic rings. The molecule has 0 aliphatic carbocycles. The van der Waals surface area contributed by atoms with Gasteiger partial charge < -0.3 is 4.74 Å². The van der Waals surface area contributed by atoms with Crippen molar-refractivity contribution in [3.05, 3.63) is 35.9 Å². The number of ether oxygens (including phenoxy) is 1. The Balaban J connectivity index is 2.34. The van der Waals surface area contributed by atoms with Gasteiger partial charge in [0.05, 0.1) is 5.60 Å². The molecule has 0 saturated heterocycles. The van der Waals surface area contributed by atoms with Crippen molar-refractivity contribution in [1.29, 1.82) is 0 Å². The van der Waals surface area contributed by atoms with Crippen LogP contribution in [0.3, 0.4) is 0 Å². The number of hydrazine groups is 1. The van der Waals surface area contributed by atoms with E-state index in [1.54, 1.807) is 7.11 Å². The number of hydrogen-bond donors (Lipinski definition) is 2. The zero-order chi connectivity index (χ0) is 13.4. The summed E-state index contributed by atoms with van der Waals surface area (Å²) in [5, 5.41) is 0. The molecule has 1 aromatic carbocycles. The van der Waals surface area contributed by atoms with Gasteiger partial charge in [0, 0.05) is 13.2 Å². The van der Waals surface area contributed by atoms with Crippen LogP contribution < -0.4 is 11.3 Å². The molecule has 3 heteroatoms. The Hall–Kier alpha value is -0.900. The highest BCUT2D eigenvalue weighted by Crippen LogP contribution is 2.18. The molecule has 1 rings (SSSR count). The molecule has 0 aliphatic rings. The molecule has 0 aromatic heterocycles. The molecular formula is C15H26N2O.